The van der Waals surface area contributed by atoms with Crippen molar-refractivity contribution in [1.82, 2.24) is 4.90 Å². The van der Waals surface area contributed by atoms with E-state index in [0.29, 0.717) is 28.6 Å². The number of rotatable bonds is 8. The molecule has 4 rings (SSSR count). The van der Waals surface area contributed by atoms with Crippen LogP contribution in [0.1, 0.15) is 17.7 Å². The Hall–Kier alpha value is -4.27. The van der Waals surface area contributed by atoms with Crippen LogP contribution in [0.15, 0.2) is 65.3 Å². The molecule has 1 saturated heterocycles. The molecule has 9 heteroatoms. The summed E-state index contributed by atoms with van der Waals surface area (Å²) in [5.41, 5.74) is 1.81. The summed E-state index contributed by atoms with van der Waals surface area (Å²) in [6.45, 7) is 1.94. The summed E-state index contributed by atoms with van der Waals surface area (Å²) in [5, 5.41) is 2.77. The summed E-state index contributed by atoms with van der Waals surface area (Å²) in [7, 11) is 3.02. The summed E-state index contributed by atoms with van der Waals surface area (Å²) >= 11 is 0. The number of furan rings is 1. The van der Waals surface area contributed by atoms with Gasteiger partial charge in [-0.3, -0.25) is 9.59 Å². The molecule has 1 aromatic heterocycles. The van der Waals surface area contributed by atoms with Crippen molar-refractivity contribution in [2.45, 2.75) is 25.9 Å². The first-order chi connectivity index (χ1) is 16.4. The molecule has 1 N–H and O–H groups in total. The Kier molecular flexibility index (Phi) is 6.53. The molecule has 176 valence electrons. The number of anilines is 2. The minimum Gasteiger partial charge on any atom is -0.497 e. The zero-order valence-electron chi connectivity index (χ0n) is 19.1. The van der Waals surface area contributed by atoms with E-state index < -0.39 is 23.9 Å². The molecule has 1 unspecified atom stereocenters. The molecule has 0 aliphatic carbocycles. The predicted octanol–water partition coefficient (Wildman–Crippen LogP) is 3.97. The zero-order chi connectivity index (χ0) is 24.2. The molecule has 1 atom stereocenters. The molecule has 1 aliphatic heterocycles. The van der Waals surface area contributed by atoms with Crippen molar-refractivity contribution < 1.29 is 28.3 Å². The monoisotopic (exact) mass is 463 g/mol. The van der Waals surface area contributed by atoms with Gasteiger partial charge in [0.2, 0.25) is 5.91 Å². The SMILES string of the molecule is COc1cc(NC(=O)CC2C(=O)N(c3cccc(C)c3)C(=O)N2Cc2ccco2)cc(OC)c1. The number of carbonyl (C=O) groups is 3. The maximum absolute atomic E-state index is 13.4. The van der Waals surface area contributed by atoms with Crippen molar-refractivity contribution in [2.75, 3.05) is 24.4 Å². The van der Waals surface area contributed by atoms with Gasteiger partial charge < -0.3 is 24.1 Å². The fraction of sp³-hybridized carbons (Fsp3) is 0.240. The third-order valence-corrected chi connectivity index (χ3v) is 5.50. The maximum atomic E-state index is 13.4. The predicted molar refractivity (Wildman–Crippen MR) is 125 cm³/mol. The molecule has 2 heterocycles. The number of amides is 4. The smallest absolute Gasteiger partial charge is 0.332 e. The first-order valence-corrected chi connectivity index (χ1v) is 10.7. The van der Waals surface area contributed by atoms with Gasteiger partial charge in [0.15, 0.2) is 0 Å². The Bertz CT molecular complexity index is 1180. The molecular formula is C25H25N3O6. The third kappa shape index (κ3) is 4.73. The number of urea groups is 1. The van der Waals surface area contributed by atoms with Gasteiger partial charge in [-0.2, -0.15) is 0 Å². The lowest BCUT2D eigenvalue weighted by Crippen LogP contribution is -2.37. The topological polar surface area (TPSA) is 101 Å². The maximum Gasteiger partial charge on any atom is 0.332 e. The summed E-state index contributed by atoms with van der Waals surface area (Å²) in [4.78, 5) is 42.1. The lowest BCUT2D eigenvalue weighted by Gasteiger charge is -2.20. The van der Waals surface area contributed by atoms with E-state index in [2.05, 4.69) is 5.32 Å². The highest BCUT2D eigenvalue weighted by Crippen LogP contribution is 2.30. The van der Waals surface area contributed by atoms with Gasteiger partial charge in [0, 0.05) is 23.9 Å². The van der Waals surface area contributed by atoms with Crippen LogP contribution in [-0.2, 0) is 16.1 Å². The van der Waals surface area contributed by atoms with Crippen LogP contribution in [-0.4, -0.2) is 43.0 Å². The van der Waals surface area contributed by atoms with Gasteiger partial charge in [-0.25, -0.2) is 9.69 Å². The quantitative estimate of drug-likeness (QED) is 0.507. The van der Waals surface area contributed by atoms with Crippen molar-refractivity contribution in [3.05, 3.63) is 72.2 Å². The summed E-state index contributed by atoms with van der Waals surface area (Å²) in [6, 6.07) is 14.0. The average Bonchev–Trinajstić information content (AvgIpc) is 3.41. The number of imide groups is 1. The van der Waals surface area contributed by atoms with Crippen molar-refractivity contribution in [1.29, 1.82) is 0 Å². The molecule has 0 bridgehead atoms. The van der Waals surface area contributed by atoms with Crippen molar-refractivity contribution in [3.8, 4) is 11.5 Å². The molecule has 1 aliphatic rings. The van der Waals surface area contributed by atoms with Gasteiger partial charge in [-0.1, -0.05) is 12.1 Å². The van der Waals surface area contributed by atoms with Crippen LogP contribution >= 0.6 is 0 Å². The number of methoxy groups -OCH3 is 2. The van der Waals surface area contributed by atoms with Gasteiger partial charge in [-0.15, -0.1) is 0 Å². The average molecular weight is 463 g/mol. The van der Waals surface area contributed by atoms with E-state index in [9.17, 15) is 14.4 Å². The lowest BCUT2D eigenvalue weighted by atomic mass is 10.1. The highest BCUT2D eigenvalue weighted by molar-refractivity contribution is 6.22. The van der Waals surface area contributed by atoms with E-state index >= 15 is 0 Å². The van der Waals surface area contributed by atoms with E-state index in [0.717, 1.165) is 10.5 Å². The number of benzene rings is 2. The van der Waals surface area contributed by atoms with Gasteiger partial charge in [-0.05, 0) is 36.8 Å². The van der Waals surface area contributed by atoms with Gasteiger partial charge in [0.05, 0.1) is 39.1 Å². The zero-order valence-corrected chi connectivity index (χ0v) is 19.1. The number of ether oxygens (including phenoxy) is 2. The highest BCUT2D eigenvalue weighted by atomic mass is 16.5. The van der Waals surface area contributed by atoms with Crippen LogP contribution in [0.5, 0.6) is 11.5 Å². The second-order valence-corrected chi connectivity index (χ2v) is 7.87. The molecule has 2 aromatic carbocycles. The summed E-state index contributed by atoms with van der Waals surface area (Å²) in [5.74, 6) is 0.617. The first kappa shape index (κ1) is 22.9. The van der Waals surface area contributed by atoms with E-state index in [-0.39, 0.29) is 13.0 Å². The molecule has 0 saturated carbocycles. The van der Waals surface area contributed by atoms with Crippen molar-refractivity contribution in [2.24, 2.45) is 0 Å². The van der Waals surface area contributed by atoms with Gasteiger partial charge in [0.1, 0.15) is 23.3 Å². The van der Waals surface area contributed by atoms with Crippen LogP contribution in [0, 0.1) is 6.92 Å². The van der Waals surface area contributed by atoms with Crippen LogP contribution in [0.3, 0.4) is 0 Å². The summed E-state index contributed by atoms with van der Waals surface area (Å²) in [6.07, 6.45) is 1.26. The Morgan fingerprint density at radius 3 is 2.38 bits per heavy atom. The fourth-order valence-electron chi connectivity index (χ4n) is 3.86. The standard InChI is InChI=1S/C25H25N3O6/c1-16-6-4-7-18(10-16)28-24(30)22(27(25(28)31)15-19-8-5-9-34-19)14-23(29)26-17-11-20(32-2)13-21(12-17)33-3/h4-13,22H,14-15H2,1-3H3,(H,26,29). The van der Waals surface area contributed by atoms with Crippen LogP contribution < -0.4 is 19.7 Å². The normalized spacial score (nSPS) is 15.6. The van der Waals surface area contributed by atoms with Gasteiger partial charge in [0.25, 0.3) is 5.91 Å². The van der Waals surface area contributed by atoms with E-state index in [1.54, 1.807) is 48.5 Å². The molecule has 4 amide bonds. The molecule has 1 fully saturated rings. The van der Waals surface area contributed by atoms with E-state index in [1.165, 1.54) is 25.4 Å². The molecule has 9 nitrogen and oxygen atoms in total. The van der Waals surface area contributed by atoms with Crippen LogP contribution in [0.2, 0.25) is 0 Å². The Labute approximate surface area is 196 Å². The van der Waals surface area contributed by atoms with Crippen molar-refractivity contribution >= 4 is 29.2 Å². The number of hydrogen-bond donors (Lipinski definition) is 1. The highest BCUT2D eigenvalue weighted by Gasteiger charge is 2.47. The minimum atomic E-state index is -0.995. The number of nitrogens with one attached hydrogen (secondary N) is 1. The molecule has 0 radical (unpaired) electrons. The van der Waals surface area contributed by atoms with E-state index in [1.807, 2.05) is 13.0 Å². The third-order valence-electron chi connectivity index (χ3n) is 5.50. The van der Waals surface area contributed by atoms with Crippen LogP contribution in [0.4, 0.5) is 16.2 Å². The second kappa shape index (κ2) is 9.70. The van der Waals surface area contributed by atoms with E-state index in [4.69, 9.17) is 13.9 Å². The Morgan fingerprint density at radius 1 is 1.03 bits per heavy atom. The van der Waals surface area contributed by atoms with Gasteiger partial charge >= 0.3 is 6.03 Å². The largest absolute Gasteiger partial charge is 0.497 e. The van der Waals surface area contributed by atoms with Crippen molar-refractivity contribution in [3.63, 3.8) is 0 Å². The fourth-order valence-corrected chi connectivity index (χ4v) is 3.86. The lowest BCUT2D eigenvalue weighted by molar-refractivity contribution is -0.124. The number of hydrogen-bond acceptors (Lipinski definition) is 6. The number of nitrogens with zero attached hydrogens (tertiary/aromatic N) is 2. The molecule has 3 aromatic rings. The molecule has 0 spiro atoms. The summed E-state index contributed by atoms with van der Waals surface area (Å²) < 4.78 is 15.9. The number of aryl methyl sites for hydroxylation is 1. The van der Waals surface area contributed by atoms with Crippen LogP contribution in [0.25, 0.3) is 0 Å². The molecule has 34 heavy (non-hydrogen) atoms. The molecular weight excluding hydrogens is 438 g/mol. The first-order valence-electron chi connectivity index (χ1n) is 10.7. The number of carbonyl (C=O) groups excluding carboxylic acids is 3. The Morgan fingerprint density at radius 2 is 1.76 bits per heavy atom. The second-order valence-electron chi connectivity index (χ2n) is 7.87. The minimum absolute atomic E-state index is 0.0603. The Balaban J connectivity index is 1.59.